The van der Waals surface area contributed by atoms with Crippen LogP contribution in [0.5, 0.6) is 0 Å². The van der Waals surface area contributed by atoms with E-state index in [0.29, 0.717) is 22.2 Å². The maximum atomic E-state index is 13.7. The van der Waals surface area contributed by atoms with E-state index in [0.717, 1.165) is 25.0 Å². The fourth-order valence-corrected chi connectivity index (χ4v) is 2.45. The number of aromatic nitrogens is 2. The first-order valence-electron chi connectivity index (χ1n) is 5.99. The summed E-state index contributed by atoms with van der Waals surface area (Å²) in [6.07, 6.45) is 2.11. The average molecular weight is 361 g/mol. The summed E-state index contributed by atoms with van der Waals surface area (Å²) < 4.78 is 27.3. The van der Waals surface area contributed by atoms with Crippen LogP contribution >= 0.6 is 27.5 Å². The van der Waals surface area contributed by atoms with Crippen LogP contribution in [0.25, 0.3) is 0 Å². The summed E-state index contributed by atoms with van der Waals surface area (Å²) in [5.41, 5.74) is 0.000383. The van der Waals surface area contributed by atoms with Crippen LogP contribution in [0.1, 0.15) is 24.6 Å². The Morgan fingerprint density at radius 1 is 1.20 bits per heavy atom. The number of hydrogen-bond acceptors (Lipinski definition) is 3. The maximum absolute atomic E-state index is 13.7. The smallest absolute Gasteiger partial charge is 0.151 e. The normalized spacial score (nSPS) is 14.4. The number of nitrogens with one attached hydrogen (secondary N) is 1. The van der Waals surface area contributed by atoms with Gasteiger partial charge >= 0.3 is 0 Å². The highest BCUT2D eigenvalue weighted by atomic mass is 79.9. The van der Waals surface area contributed by atoms with Crippen molar-refractivity contribution >= 4 is 39.0 Å². The second-order valence-corrected chi connectivity index (χ2v) is 5.80. The van der Waals surface area contributed by atoms with Crippen LogP contribution in [0, 0.1) is 11.6 Å². The molecule has 104 valence electrons. The lowest BCUT2D eigenvalue weighted by atomic mass is 10.3. The van der Waals surface area contributed by atoms with Crippen molar-refractivity contribution in [2.24, 2.45) is 0 Å². The van der Waals surface area contributed by atoms with Crippen molar-refractivity contribution in [1.29, 1.82) is 0 Å². The Labute approximate surface area is 127 Å². The number of anilines is 2. The molecule has 0 atom stereocenters. The molecule has 0 unspecified atom stereocenters. The van der Waals surface area contributed by atoms with Crippen LogP contribution in [0.4, 0.5) is 20.3 Å². The molecule has 1 aromatic heterocycles. The predicted molar refractivity (Wildman–Crippen MR) is 76.4 cm³/mol. The highest BCUT2D eigenvalue weighted by molar-refractivity contribution is 9.10. The van der Waals surface area contributed by atoms with E-state index in [4.69, 9.17) is 11.6 Å². The van der Waals surface area contributed by atoms with Gasteiger partial charge in [-0.25, -0.2) is 18.7 Å². The molecular formula is C13H9BrClF2N3. The lowest BCUT2D eigenvalue weighted by Gasteiger charge is -2.10. The van der Waals surface area contributed by atoms with Crippen molar-refractivity contribution in [1.82, 2.24) is 9.97 Å². The van der Waals surface area contributed by atoms with Gasteiger partial charge in [-0.1, -0.05) is 11.6 Å². The van der Waals surface area contributed by atoms with Gasteiger partial charge in [0.1, 0.15) is 22.1 Å². The Bertz CT molecular complexity index is 654. The Hall–Kier alpha value is -1.27. The van der Waals surface area contributed by atoms with E-state index in [-0.39, 0.29) is 10.7 Å². The van der Waals surface area contributed by atoms with Gasteiger partial charge in [-0.15, -0.1) is 0 Å². The fourth-order valence-electron chi connectivity index (χ4n) is 1.81. The molecule has 20 heavy (non-hydrogen) atoms. The zero-order valence-electron chi connectivity index (χ0n) is 10.1. The van der Waals surface area contributed by atoms with Gasteiger partial charge in [0.15, 0.2) is 5.82 Å². The van der Waals surface area contributed by atoms with E-state index in [2.05, 4.69) is 31.2 Å². The standard InChI is InChI=1S/C13H9BrClF2N3/c14-10-5-11(20-13(18-10)6-1-2-6)19-12-8(15)3-7(16)4-9(12)17/h3-6H,1-2H2,(H,18,19,20). The molecule has 2 aromatic rings. The van der Waals surface area contributed by atoms with Gasteiger partial charge in [0.2, 0.25) is 0 Å². The summed E-state index contributed by atoms with van der Waals surface area (Å²) >= 11 is 9.13. The average Bonchev–Trinajstić information content (AvgIpc) is 3.17. The summed E-state index contributed by atoms with van der Waals surface area (Å²) in [5, 5.41) is 2.74. The van der Waals surface area contributed by atoms with Gasteiger partial charge in [-0.05, 0) is 34.8 Å². The molecule has 3 nitrogen and oxygen atoms in total. The number of nitrogens with zero attached hydrogens (tertiary/aromatic N) is 2. The fraction of sp³-hybridized carbons (Fsp3) is 0.231. The predicted octanol–water partition coefficient (Wildman–Crippen LogP) is 4.79. The number of benzene rings is 1. The third kappa shape index (κ3) is 2.91. The molecule has 1 saturated carbocycles. The topological polar surface area (TPSA) is 37.8 Å². The molecular weight excluding hydrogens is 352 g/mol. The molecule has 7 heteroatoms. The van der Waals surface area contributed by atoms with Crippen LogP contribution in [0.3, 0.4) is 0 Å². The minimum atomic E-state index is -0.766. The van der Waals surface area contributed by atoms with Crippen LogP contribution in [-0.2, 0) is 0 Å². The number of hydrogen-bond donors (Lipinski definition) is 1. The first-order chi connectivity index (χ1) is 9.52. The molecule has 0 aliphatic heterocycles. The lowest BCUT2D eigenvalue weighted by molar-refractivity contribution is 0.586. The van der Waals surface area contributed by atoms with Gasteiger partial charge in [-0.2, -0.15) is 0 Å². The van der Waals surface area contributed by atoms with E-state index < -0.39 is 11.6 Å². The first kappa shape index (κ1) is 13.7. The van der Waals surface area contributed by atoms with E-state index in [1.54, 1.807) is 6.07 Å². The molecule has 3 rings (SSSR count). The van der Waals surface area contributed by atoms with Crippen molar-refractivity contribution in [2.45, 2.75) is 18.8 Å². The van der Waals surface area contributed by atoms with Crippen molar-refractivity contribution < 1.29 is 8.78 Å². The van der Waals surface area contributed by atoms with Gasteiger partial charge in [0.05, 0.1) is 10.7 Å². The molecule has 1 fully saturated rings. The van der Waals surface area contributed by atoms with Crippen LogP contribution in [0.2, 0.25) is 5.02 Å². The molecule has 0 saturated heterocycles. The zero-order chi connectivity index (χ0) is 14.3. The van der Waals surface area contributed by atoms with Gasteiger partial charge in [0.25, 0.3) is 0 Å². The molecule has 0 spiro atoms. The quantitative estimate of drug-likeness (QED) is 0.800. The highest BCUT2D eigenvalue weighted by Gasteiger charge is 2.27. The van der Waals surface area contributed by atoms with Crippen molar-refractivity contribution in [3.05, 3.63) is 45.3 Å². The molecule has 1 aliphatic rings. The number of rotatable bonds is 3. The number of halogens is 4. The van der Waals surface area contributed by atoms with Crippen molar-refractivity contribution in [3.8, 4) is 0 Å². The molecule has 0 radical (unpaired) electrons. The Morgan fingerprint density at radius 2 is 1.95 bits per heavy atom. The van der Waals surface area contributed by atoms with Crippen molar-refractivity contribution in [3.63, 3.8) is 0 Å². The Morgan fingerprint density at radius 3 is 2.60 bits per heavy atom. The lowest BCUT2D eigenvalue weighted by Crippen LogP contribution is -2.02. The minimum Gasteiger partial charge on any atom is -0.336 e. The second-order valence-electron chi connectivity index (χ2n) is 4.58. The molecule has 1 aromatic carbocycles. The summed E-state index contributed by atoms with van der Waals surface area (Å²) in [6, 6.07) is 3.43. The van der Waals surface area contributed by atoms with Gasteiger partial charge in [-0.3, -0.25) is 0 Å². The summed E-state index contributed by atoms with van der Waals surface area (Å²) in [5.74, 6) is 0.00146. The maximum Gasteiger partial charge on any atom is 0.151 e. The molecule has 0 amide bonds. The van der Waals surface area contributed by atoms with E-state index in [1.165, 1.54) is 0 Å². The third-order valence-electron chi connectivity index (χ3n) is 2.91. The third-order valence-corrected chi connectivity index (χ3v) is 3.62. The Kier molecular flexibility index (Phi) is 3.60. The van der Waals surface area contributed by atoms with E-state index in [9.17, 15) is 8.78 Å². The molecule has 1 aliphatic carbocycles. The molecule has 0 bridgehead atoms. The monoisotopic (exact) mass is 359 g/mol. The summed E-state index contributed by atoms with van der Waals surface area (Å²) in [4.78, 5) is 8.60. The van der Waals surface area contributed by atoms with E-state index >= 15 is 0 Å². The van der Waals surface area contributed by atoms with Crippen LogP contribution in [0.15, 0.2) is 22.8 Å². The van der Waals surface area contributed by atoms with Crippen molar-refractivity contribution in [2.75, 3.05) is 5.32 Å². The van der Waals surface area contributed by atoms with Gasteiger partial charge in [0, 0.05) is 18.1 Å². The zero-order valence-corrected chi connectivity index (χ0v) is 12.5. The largest absolute Gasteiger partial charge is 0.336 e. The SMILES string of the molecule is Fc1cc(F)c(Nc2cc(Br)nc(C3CC3)n2)c(Cl)c1. The molecule has 1 heterocycles. The van der Waals surface area contributed by atoms with Crippen LogP contribution < -0.4 is 5.32 Å². The van der Waals surface area contributed by atoms with Gasteiger partial charge < -0.3 is 5.32 Å². The minimum absolute atomic E-state index is 0.000383. The van der Waals surface area contributed by atoms with E-state index in [1.807, 2.05) is 0 Å². The summed E-state index contributed by atoms with van der Waals surface area (Å²) in [7, 11) is 0. The Balaban J connectivity index is 1.95. The second kappa shape index (κ2) is 5.26. The molecule has 1 N–H and O–H groups in total. The van der Waals surface area contributed by atoms with Crippen LogP contribution in [-0.4, -0.2) is 9.97 Å². The highest BCUT2D eigenvalue weighted by Crippen LogP contribution is 2.39. The summed E-state index contributed by atoms with van der Waals surface area (Å²) in [6.45, 7) is 0. The first-order valence-corrected chi connectivity index (χ1v) is 7.16.